The van der Waals surface area contributed by atoms with Gasteiger partial charge in [0.1, 0.15) is 11.4 Å². The number of nitrogens with one attached hydrogen (secondary N) is 1. The molecule has 194 valence electrons. The van der Waals surface area contributed by atoms with Gasteiger partial charge in [0.2, 0.25) is 17.7 Å². The summed E-state index contributed by atoms with van der Waals surface area (Å²) < 4.78 is 13.5. The van der Waals surface area contributed by atoms with Gasteiger partial charge in [0.15, 0.2) is 0 Å². The van der Waals surface area contributed by atoms with Crippen molar-refractivity contribution in [2.75, 3.05) is 6.54 Å². The lowest BCUT2D eigenvalue weighted by atomic mass is 9.74. The van der Waals surface area contributed by atoms with Gasteiger partial charge in [0.25, 0.3) is 0 Å². The Bertz CT molecular complexity index is 1380. The van der Waals surface area contributed by atoms with Crippen molar-refractivity contribution in [3.8, 4) is 0 Å². The Hall–Kier alpha value is -3.84. The van der Waals surface area contributed by atoms with Crippen LogP contribution in [0.2, 0.25) is 0 Å². The number of benzene rings is 3. The maximum absolute atomic E-state index is 14.2. The zero-order valence-electron chi connectivity index (χ0n) is 21.3. The van der Waals surface area contributed by atoms with Gasteiger partial charge >= 0.3 is 0 Å². The number of carbonyl (C=O) groups excluding carboxylic acids is 3. The lowest BCUT2D eigenvalue weighted by Gasteiger charge is -2.42. The van der Waals surface area contributed by atoms with E-state index in [1.807, 2.05) is 61.5 Å². The van der Waals surface area contributed by atoms with Crippen LogP contribution in [0.1, 0.15) is 41.1 Å². The van der Waals surface area contributed by atoms with Gasteiger partial charge in [-0.15, -0.1) is 0 Å². The highest BCUT2D eigenvalue weighted by Crippen LogP contribution is 2.52. The Kier molecular flexibility index (Phi) is 6.11. The Balaban J connectivity index is 1.38. The monoisotopic (exact) mass is 511 g/mol. The number of imide groups is 1. The van der Waals surface area contributed by atoms with E-state index < -0.39 is 23.4 Å². The molecular weight excluding hydrogens is 481 g/mol. The van der Waals surface area contributed by atoms with Gasteiger partial charge in [-0.25, -0.2) is 4.39 Å². The molecular formula is C31H30FN3O3. The molecule has 0 saturated carbocycles. The van der Waals surface area contributed by atoms with Crippen LogP contribution in [-0.4, -0.2) is 39.6 Å². The van der Waals surface area contributed by atoms with E-state index in [0.717, 1.165) is 22.3 Å². The third-order valence-electron chi connectivity index (χ3n) is 8.32. The van der Waals surface area contributed by atoms with Crippen LogP contribution in [0, 0.1) is 24.6 Å². The zero-order chi connectivity index (χ0) is 26.4. The van der Waals surface area contributed by atoms with E-state index in [0.29, 0.717) is 25.9 Å². The minimum atomic E-state index is -1.17. The van der Waals surface area contributed by atoms with E-state index in [4.69, 9.17) is 0 Å². The highest BCUT2D eigenvalue weighted by molar-refractivity contribution is 6.10. The largest absolute Gasteiger partial charge is 0.337 e. The van der Waals surface area contributed by atoms with Gasteiger partial charge < -0.3 is 4.90 Å². The fourth-order valence-electron chi connectivity index (χ4n) is 6.47. The standard InChI is InChI=1S/C31H30FN3O3/c1-20-8-12-23(13-9-20)27-25-26(29(37)35(28(25)36)19-21-6-3-2-4-7-21)31(33-27)16-5-17-34(30(31)38)18-22-10-14-24(32)15-11-22/h2-4,6-15,25-27,33H,5,16-19H2,1H3/t25-,26-,27-,31-/m1/s1. The summed E-state index contributed by atoms with van der Waals surface area (Å²) in [6, 6.07) is 23.1. The third kappa shape index (κ3) is 4.02. The third-order valence-corrected chi connectivity index (χ3v) is 8.32. The topological polar surface area (TPSA) is 69.7 Å². The number of hydrogen-bond acceptors (Lipinski definition) is 4. The highest BCUT2D eigenvalue weighted by Gasteiger charge is 2.68. The molecule has 3 heterocycles. The van der Waals surface area contributed by atoms with Crippen LogP contribution in [0.15, 0.2) is 78.9 Å². The molecule has 3 amide bonds. The maximum Gasteiger partial charge on any atom is 0.244 e. The normalized spacial score (nSPS) is 26.9. The summed E-state index contributed by atoms with van der Waals surface area (Å²) in [7, 11) is 0. The lowest BCUT2D eigenvalue weighted by Crippen LogP contribution is -2.63. The predicted molar refractivity (Wildman–Crippen MR) is 140 cm³/mol. The molecule has 0 unspecified atom stereocenters. The first-order valence-corrected chi connectivity index (χ1v) is 13.1. The molecule has 38 heavy (non-hydrogen) atoms. The fraction of sp³-hybridized carbons (Fsp3) is 0.323. The summed E-state index contributed by atoms with van der Waals surface area (Å²) in [5.74, 6) is -2.47. The minimum absolute atomic E-state index is 0.166. The molecule has 3 saturated heterocycles. The van der Waals surface area contributed by atoms with E-state index in [-0.39, 0.29) is 30.1 Å². The SMILES string of the molecule is Cc1ccc([C@H]2N[C@]3(CCCN(Cc4ccc(F)cc4)C3=O)[C@H]3C(=O)N(Cc4ccccc4)C(=O)[C@@H]23)cc1. The Morgan fingerprint density at radius 3 is 2.26 bits per heavy atom. The van der Waals surface area contributed by atoms with Crippen LogP contribution in [-0.2, 0) is 27.5 Å². The second-order valence-electron chi connectivity index (χ2n) is 10.7. The first-order chi connectivity index (χ1) is 18.4. The first-order valence-electron chi connectivity index (χ1n) is 13.1. The van der Waals surface area contributed by atoms with Crippen LogP contribution in [0.5, 0.6) is 0 Å². The molecule has 3 fully saturated rings. The predicted octanol–water partition coefficient (Wildman–Crippen LogP) is 4.14. The number of carbonyl (C=O) groups is 3. The summed E-state index contributed by atoms with van der Waals surface area (Å²) in [6.07, 6.45) is 1.18. The molecule has 0 radical (unpaired) electrons. The van der Waals surface area contributed by atoms with Crippen LogP contribution in [0.25, 0.3) is 0 Å². The number of hydrogen-bond donors (Lipinski definition) is 1. The molecule has 3 aliphatic rings. The van der Waals surface area contributed by atoms with Gasteiger partial charge in [0, 0.05) is 19.1 Å². The van der Waals surface area contributed by atoms with Crippen molar-refractivity contribution in [3.63, 3.8) is 0 Å². The summed E-state index contributed by atoms with van der Waals surface area (Å²) in [6.45, 7) is 3.06. The van der Waals surface area contributed by atoms with Gasteiger partial charge in [-0.1, -0.05) is 72.3 Å². The van der Waals surface area contributed by atoms with Crippen molar-refractivity contribution in [1.29, 1.82) is 0 Å². The van der Waals surface area contributed by atoms with E-state index in [2.05, 4.69) is 5.32 Å². The van der Waals surface area contributed by atoms with E-state index in [1.165, 1.54) is 17.0 Å². The number of fused-ring (bicyclic) bond motifs is 2. The lowest BCUT2D eigenvalue weighted by molar-refractivity contribution is -0.150. The average Bonchev–Trinajstić information content (AvgIpc) is 3.39. The van der Waals surface area contributed by atoms with Crippen molar-refractivity contribution >= 4 is 17.7 Å². The van der Waals surface area contributed by atoms with Gasteiger partial charge in [-0.05, 0) is 48.6 Å². The van der Waals surface area contributed by atoms with Crippen LogP contribution < -0.4 is 5.32 Å². The number of halogens is 1. The number of piperidine rings is 1. The number of nitrogens with zero attached hydrogens (tertiary/aromatic N) is 2. The van der Waals surface area contributed by atoms with Crippen molar-refractivity contribution in [1.82, 2.24) is 15.1 Å². The Morgan fingerprint density at radius 2 is 1.55 bits per heavy atom. The van der Waals surface area contributed by atoms with Crippen molar-refractivity contribution < 1.29 is 18.8 Å². The number of likely N-dealkylation sites (tertiary alicyclic amines) is 2. The molecule has 3 aliphatic heterocycles. The van der Waals surface area contributed by atoms with Crippen LogP contribution in [0.3, 0.4) is 0 Å². The molecule has 6 nitrogen and oxygen atoms in total. The van der Waals surface area contributed by atoms with Crippen molar-refractivity contribution in [3.05, 3.63) is 107 Å². The van der Waals surface area contributed by atoms with Crippen molar-refractivity contribution in [2.45, 2.75) is 44.4 Å². The molecule has 1 spiro atoms. The second kappa shape index (κ2) is 9.48. The number of rotatable bonds is 5. The molecule has 3 aromatic rings. The number of aryl methyl sites for hydroxylation is 1. The molecule has 1 N–H and O–H groups in total. The Labute approximate surface area is 221 Å². The molecule has 4 atom stereocenters. The average molecular weight is 512 g/mol. The molecule has 0 aromatic heterocycles. The maximum atomic E-state index is 14.2. The fourth-order valence-corrected chi connectivity index (χ4v) is 6.47. The first kappa shape index (κ1) is 24.5. The molecule has 3 aromatic carbocycles. The second-order valence-corrected chi connectivity index (χ2v) is 10.7. The van der Waals surface area contributed by atoms with Gasteiger partial charge in [-0.2, -0.15) is 0 Å². The van der Waals surface area contributed by atoms with Crippen LogP contribution >= 0.6 is 0 Å². The minimum Gasteiger partial charge on any atom is -0.337 e. The summed E-state index contributed by atoms with van der Waals surface area (Å²) in [4.78, 5) is 45.2. The Morgan fingerprint density at radius 1 is 0.868 bits per heavy atom. The van der Waals surface area contributed by atoms with Gasteiger partial charge in [-0.3, -0.25) is 24.6 Å². The van der Waals surface area contributed by atoms with E-state index in [1.54, 1.807) is 17.0 Å². The molecule has 0 aliphatic carbocycles. The van der Waals surface area contributed by atoms with Gasteiger partial charge in [0.05, 0.1) is 18.4 Å². The smallest absolute Gasteiger partial charge is 0.244 e. The van der Waals surface area contributed by atoms with Crippen molar-refractivity contribution in [2.24, 2.45) is 11.8 Å². The van der Waals surface area contributed by atoms with E-state index in [9.17, 15) is 18.8 Å². The molecule has 0 bridgehead atoms. The summed E-state index contributed by atoms with van der Waals surface area (Å²) in [5.41, 5.74) is 2.51. The summed E-state index contributed by atoms with van der Waals surface area (Å²) in [5, 5.41) is 3.54. The zero-order valence-corrected chi connectivity index (χ0v) is 21.3. The number of amides is 3. The molecule has 6 rings (SSSR count). The van der Waals surface area contributed by atoms with E-state index >= 15 is 0 Å². The quantitative estimate of drug-likeness (QED) is 0.523. The summed E-state index contributed by atoms with van der Waals surface area (Å²) >= 11 is 0. The highest BCUT2D eigenvalue weighted by atomic mass is 19.1. The van der Waals surface area contributed by atoms with Crippen LogP contribution in [0.4, 0.5) is 4.39 Å². The molecule has 7 heteroatoms.